The smallest absolute Gasteiger partial charge is 0.262 e. The number of nitrogens with one attached hydrogen (secondary N) is 1. The van der Waals surface area contributed by atoms with Gasteiger partial charge in [-0.05, 0) is 61.7 Å². The SMILES string of the molecule is C=C(C)COc1cccc(NC(=O)COc2c(C)cc(Br)cc2C)c1. The van der Waals surface area contributed by atoms with Crippen molar-refractivity contribution in [3.63, 3.8) is 0 Å². The molecule has 2 aromatic carbocycles. The van der Waals surface area contributed by atoms with Gasteiger partial charge in [0.15, 0.2) is 6.61 Å². The van der Waals surface area contributed by atoms with Gasteiger partial charge in [0.2, 0.25) is 0 Å². The number of anilines is 1. The second kappa shape index (κ2) is 8.72. The fourth-order valence-electron chi connectivity index (χ4n) is 2.33. The molecule has 2 rings (SSSR count). The summed E-state index contributed by atoms with van der Waals surface area (Å²) in [5.74, 6) is 1.19. The van der Waals surface area contributed by atoms with Crippen LogP contribution < -0.4 is 14.8 Å². The molecular weight excluding hydrogens is 382 g/mol. The Bertz CT molecular complexity index is 763. The molecule has 0 heterocycles. The Hall–Kier alpha value is -2.27. The molecule has 0 bridgehead atoms. The summed E-state index contributed by atoms with van der Waals surface area (Å²) < 4.78 is 12.3. The summed E-state index contributed by atoms with van der Waals surface area (Å²) in [5.41, 5.74) is 3.56. The molecule has 5 heteroatoms. The molecule has 0 aliphatic heterocycles. The van der Waals surface area contributed by atoms with Crippen LogP contribution in [-0.2, 0) is 4.79 Å². The van der Waals surface area contributed by atoms with E-state index >= 15 is 0 Å². The number of hydrogen-bond donors (Lipinski definition) is 1. The van der Waals surface area contributed by atoms with Crippen LogP contribution in [0.2, 0.25) is 0 Å². The van der Waals surface area contributed by atoms with Crippen LogP contribution in [0, 0.1) is 13.8 Å². The molecule has 0 unspecified atom stereocenters. The van der Waals surface area contributed by atoms with E-state index in [1.807, 2.05) is 51.1 Å². The third-order valence-corrected chi connectivity index (χ3v) is 3.83. The van der Waals surface area contributed by atoms with Gasteiger partial charge in [0.25, 0.3) is 5.91 Å². The van der Waals surface area contributed by atoms with Crippen LogP contribution in [0.25, 0.3) is 0 Å². The van der Waals surface area contributed by atoms with Crippen molar-refractivity contribution >= 4 is 27.5 Å². The van der Waals surface area contributed by atoms with Gasteiger partial charge in [-0.1, -0.05) is 28.6 Å². The Morgan fingerprint density at radius 2 is 1.80 bits per heavy atom. The monoisotopic (exact) mass is 403 g/mol. The van der Waals surface area contributed by atoms with Gasteiger partial charge < -0.3 is 14.8 Å². The quantitative estimate of drug-likeness (QED) is 0.658. The van der Waals surface area contributed by atoms with Gasteiger partial charge in [-0.15, -0.1) is 0 Å². The number of carbonyl (C=O) groups excluding carboxylic acids is 1. The van der Waals surface area contributed by atoms with Gasteiger partial charge >= 0.3 is 0 Å². The van der Waals surface area contributed by atoms with Crippen LogP contribution in [-0.4, -0.2) is 19.1 Å². The van der Waals surface area contributed by atoms with Crippen molar-refractivity contribution in [1.29, 1.82) is 0 Å². The van der Waals surface area contributed by atoms with Crippen molar-refractivity contribution < 1.29 is 14.3 Å². The van der Waals surface area contributed by atoms with E-state index in [4.69, 9.17) is 9.47 Å². The van der Waals surface area contributed by atoms with Crippen LogP contribution in [0.3, 0.4) is 0 Å². The van der Waals surface area contributed by atoms with E-state index in [0.29, 0.717) is 18.0 Å². The lowest BCUT2D eigenvalue weighted by atomic mass is 10.1. The second-order valence-corrected chi connectivity index (χ2v) is 6.89. The zero-order valence-electron chi connectivity index (χ0n) is 14.7. The minimum atomic E-state index is -0.223. The summed E-state index contributed by atoms with van der Waals surface area (Å²) >= 11 is 3.45. The molecule has 0 radical (unpaired) electrons. The lowest BCUT2D eigenvalue weighted by molar-refractivity contribution is -0.118. The molecule has 0 saturated heterocycles. The van der Waals surface area contributed by atoms with Crippen LogP contribution in [0.4, 0.5) is 5.69 Å². The lowest BCUT2D eigenvalue weighted by Gasteiger charge is -2.13. The van der Waals surface area contributed by atoms with Crippen molar-refractivity contribution in [3.05, 3.63) is 64.1 Å². The number of rotatable bonds is 7. The highest BCUT2D eigenvalue weighted by Gasteiger charge is 2.09. The number of hydrogen-bond acceptors (Lipinski definition) is 3. The first kappa shape index (κ1) is 19.1. The van der Waals surface area contributed by atoms with Gasteiger partial charge in [-0.25, -0.2) is 0 Å². The molecule has 0 aromatic heterocycles. The van der Waals surface area contributed by atoms with Crippen molar-refractivity contribution in [3.8, 4) is 11.5 Å². The predicted octanol–water partition coefficient (Wildman–Crippen LogP) is 5.04. The summed E-state index contributed by atoms with van der Waals surface area (Å²) in [5, 5.41) is 2.81. The van der Waals surface area contributed by atoms with E-state index in [-0.39, 0.29) is 12.5 Å². The number of amides is 1. The van der Waals surface area contributed by atoms with Gasteiger partial charge in [0.1, 0.15) is 18.1 Å². The molecule has 4 nitrogen and oxygen atoms in total. The maximum absolute atomic E-state index is 12.2. The van der Waals surface area contributed by atoms with Gasteiger partial charge in [0.05, 0.1) is 0 Å². The van der Waals surface area contributed by atoms with Crippen molar-refractivity contribution in [2.75, 3.05) is 18.5 Å². The van der Waals surface area contributed by atoms with E-state index < -0.39 is 0 Å². The maximum atomic E-state index is 12.2. The zero-order valence-corrected chi connectivity index (χ0v) is 16.3. The first-order valence-corrected chi connectivity index (χ1v) is 8.71. The maximum Gasteiger partial charge on any atom is 0.262 e. The highest BCUT2D eigenvalue weighted by atomic mass is 79.9. The third-order valence-electron chi connectivity index (χ3n) is 3.38. The summed E-state index contributed by atoms with van der Waals surface area (Å²) in [4.78, 5) is 12.2. The standard InChI is InChI=1S/C20H22BrNO3/c1-13(2)11-24-18-7-5-6-17(10-18)22-19(23)12-25-20-14(3)8-16(21)9-15(20)4/h5-10H,1,11-12H2,2-4H3,(H,22,23). The molecule has 1 amide bonds. The highest BCUT2D eigenvalue weighted by molar-refractivity contribution is 9.10. The minimum absolute atomic E-state index is 0.0554. The first-order valence-electron chi connectivity index (χ1n) is 7.92. The summed E-state index contributed by atoms with van der Waals surface area (Å²) in [6, 6.07) is 11.2. The average Bonchev–Trinajstić information content (AvgIpc) is 2.52. The van der Waals surface area contributed by atoms with Gasteiger partial charge in [0, 0.05) is 16.2 Å². The topological polar surface area (TPSA) is 47.6 Å². The van der Waals surface area contributed by atoms with E-state index in [0.717, 1.165) is 26.9 Å². The first-order chi connectivity index (χ1) is 11.8. The second-order valence-electron chi connectivity index (χ2n) is 5.98. The van der Waals surface area contributed by atoms with E-state index in [1.54, 1.807) is 6.07 Å². The molecule has 25 heavy (non-hydrogen) atoms. The van der Waals surface area contributed by atoms with Crippen LogP contribution in [0.15, 0.2) is 53.0 Å². The predicted molar refractivity (Wildman–Crippen MR) is 104 cm³/mol. The van der Waals surface area contributed by atoms with E-state index in [9.17, 15) is 4.79 Å². The average molecular weight is 404 g/mol. The largest absolute Gasteiger partial charge is 0.489 e. The van der Waals surface area contributed by atoms with Gasteiger partial charge in [-0.2, -0.15) is 0 Å². The van der Waals surface area contributed by atoms with Crippen molar-refractivity contribution in [2.45, 2.75) is 20.8 Å². The lowest BCUT2D eigenvalue weighted by Crippen LogP contribution is -2.20. The molecular formula is C20H22BrNO3. The fraction of sp³-hybridized carbons (Fsp3) is 0.250. The number of carbonyl (C=O) groups is 1. The summed E-state index contributed by atoms with van der Waals surface area (Å²) in [6.45, 7) is 9.99. The number of aryl methyl sites for hydroxylation is 2. The molecule has 0 aliphatic carbocycles. The van der Waals surface area contributed by atoms with E-state index in [2.05, 4.69) is 27.8 Å². The van der Waals surface area contributed by atoms with Crippen LogP contribution in [0.5, 0.6) is 11.5 Å². The molecule has 2 aromatic rings. The number of benzene rings is 2. The molecule has 0 spiro atoms. The fourth-order valence-corrected chi connectivity index (χ4v) is 3.02. The third kappa shape index (κ3) is 5.94. The Labute approximate surface area is 157 Å². The molecule has 1 N–H and O–H groups in total. The Morgan fingerprint density at radius 1 is 1.12 bits per heavy atom. The Morgan fingerprint density at radius 3 is 2.44 bits per heavy atom. The van der Waals surface area contributed by atoms with Crippen LogP contribution in [0.1, 0.15) is 18.1 Å². The molecule has 132 valence electrons. The number of ether oxygens (including phenoxy) is 2. The number of halogens is 1. The Kier molecular flexibility index (Phi) is 6.65. The van der Waals surface area contributed by atoms with Gasteiger partial charge in [-0.3, -0.25) is 4.79 Å². The van der Waals surface area contributed by atoms with Crippen LogP contribution >= 0.6 is 15.9 Å². The van der Waals surface area contributed by atoms with E-state index in [1.165, 1.54) is 0 Å². The molecule has 0 saturated carbocycles. The minimum Gasteiger partial charge on any atom is -0.489 e. The Balaban J connectivity index is 1.94. The zero-order chi connectivity index (χ0) is 18.4. The summed E-state index contributed by atoms with van der Waals surface area (Å²) in [7, 11) is 0. The molecule has 0 aliphatic rings. The highest BCUT2D eigenvalue weighted by Crippen LogP contribution is 2.27. The van der Waals surface area contributed by atoms with Crippen molar-refractivity contribution in [1.82, 2.24) is 0 Å². The van der Waals surface area contributed by atoms with Crippen molar-refractivity contribution in [2.24, 2.45) is 0 Å². The molecule has 0 fully saturated rings. The summed E-state index contributed by atoms with van der Waals surface area (Å²) in [6.07, 6.45) is 0. The normalized spacial score (nSPS) is 10.2. The molecule has 0 atom stereocenters.